The van der Waals surface area contributed by atoms with Crippen molar-refractivity contribution in [3.63, 3.8) is 0 Å². The zero-order chi connectivity index (χ0) is 23.4. The number of benzene rings is 2. The van der Waals surface area contributed by atoms with Gasteiger partial charge in [-0.2, -0.15) is 0 Å². The summed E-state index contributed by atoms with van der Waals surface area (Å²) in [6.45, 7) is 3.66. The molecule has 10 heteroatoms. The van der Waals surface area contributed by atoms with Gasteiger partial charge in [0.05, 0.1) is 25.2 Å². The van der Waals surface area contributed by atoms with Gasteiger partial charge in [0.25, 0.3) is 0 Å². The summed E-state index contributed by atoms with van der Waals surface area (Å²) in [5.41, 5.74) is 1.24. The molecule has 0 radical (unpaired) electrons. The Labute approximate surface area is 247 Å². The van der Waals surface area contributed by atoms with Crippen molar-refractivity contribution in [1.82, 2.24) is 9.80 Å². The molecule has 4 rings (SSSR count). The first-order chi connectivity index (χ1) is 15.9. The zero-order valence-electron chi connectivity index (χ0n) is 19.9. The molecule has 1 spiro atoms. The van der Waals surface area contributed by atoms with Gasteiger partial charge in [-0.3, -0.25) is 4.90 Å². The molecule has 2 aromatic rings. The number of carbonyl (C=O) groups is 1. The second-order valence-corrected chi connectivity index (χ2v) is 8.81. The molecule has 7 nitrogen and oxygen atoms in total. The maximum Gasteiger partial charge on any atom is 1.00 e. The third kappa shape index (κ3) is 6.57. The minimum absolute atomic E-state index is 0. The minimum Gasteiger partial charge on any atom is -0.684 e. The summed E-state index contributed by atoms with van der Waals surface area (Å²) in [7, 11) is 3.20. The Morgan fingerprint density at radius 1 is 1.18 bits per heavy atom. The van der Waals surface area contributed by atoms with Gasteiger partial charge in [0.1, 0.15) is 29.5 Å². The van der Waals surface area contributed by atoms with Crippen LogP contribution < -0.4 is 60.9 Å². The van der Waals surface area contributed by atoms with Gasteiger partial charge in [0.2, 0.25) is 0 Å². The molecule has 2 aliphatic heterocycles. The van der Waals surface area contributed by atoms with Gasteiger partial charge in [-0.15, -0.1) is 7.05 Å². The first-order valence-electron chi connectivity index (χ1n) is 11.0. The summed E-state index contributed by atoms with van der Waals surface area (Å²) in [6, 6.07) is 9.98. The van der Waals surface area contributed by atoms with Crippen molar-refractivity contribution in [3.8, 4) is 11.5 Å². The molecule has 0 atom stereocenters. The van der Waals surface area contributed by atoms with Crippen molar-refractivity contribution >= 4 is 23.4 Å². The number of hydrogen-bond acceptors (Lipinski definition) is 5. The summed E-state index contributed by atoms with van der Waals surface area (Å²) >= 11 is 6.15. The van der Waals surface area contributed by atoms with Crippen LogP contribution in [0.5, 0.6) is 11.5 Å². The van der Waals surface area contributed by atoms with E-state index in [1.54, 1.807) is 31.2 Å². The number of hydrogen-bond donors (Lipinski definition) is 0. The summed E-state index contributed by atoms with van der Waals surface area (Å²) in [5, 5.41) is 4.65. The Morgan fingerprint density at radius 2 is 1.88 bits per heavy atom. The molecule has 178 valence electrons. The van der Waals surface area contributed by atoms with E-state index in [0.29, 0.717) is 41.9 Å². The average molecular weight is 516 g/mol. The normalized spacial score (nSPS) is 17.3. The van der Waals surface area contributed by atoms with E-state index >= 15 is 0 Å². The van der Waals surface area contributed by atoms with Gasteiger partial charge in [0, 0.05) is 38.5 Å². The number of halogens is 2. The van der Waals surface area contributed by atoms with E-state index in [2.05, 4.69) is 10.2 Å². The first kappa shape index (κ1) is 27.5. The fourth-order valence-corrected chi connectivity index (χ4v) is 4.56. The predicted molar refractivity (Wildman–Crippen MR) is 124 cm³/mol. The van der Waals surface area contributed by atoms with E-state index < -0.39 is 5.60 Å². The van der Waals surface area contributed by atoms with Crippen LogP contribution in [0.1, 0.15) is 18.4 Å². The summed E-state index contributed by atoms with van der Waals surface area (Å²) in [6.07, 6.45) is 1.23. The third-order valence-electron chi connectivity index (χ3n) is 6.22. The van der Waals surface area contributed by atoms with Crippen molar-refractivity contribution in [2.45, 2.75) is 25.0 Å². The van der Waals surface area contributed by atoms with Crippen LogP contribution in [0.15, 0.2) is 36.4 Å². The van der Waals surface area contributed by atoms with Crippen LogP contribution >= 0.6 is 11.6 Å². The maximum atomic E-state index is 13.1. The molecule has 34 heavy (non-hydrogen) atoms. The van der Waals surface area contributed by atoms with Crippen LogP contribution in [-0.2, 0) is 11.3 Å². The molecule has 2 saturated heterocycles. The third-order valence-corrected chi connectivity index (χ3v) is 6.52. The Hall–Kier alpha value is -1.07. The van der Waals surface area contributed by atoms with Gasteiger partial charge >= 0.3 is 57.5 Å². The predicted octanol–water partition coefficient (Wildman–Crippen LogP) is 1.99. The molecule has 2 heterocycles. The van der Waals surface area contributed by atoms with Crippen molar-refractivity contribution < 1.29 is 74.8 Å². The molecule has 0 bridgehead atoms. The number of ether oxygens (including phenoxy) is 3. The monoisotopic (exact) mass is 515 g/mol. The number of rotatable bonds is 8. The standard InChI is InChI=1S/C24H28ClFN3O4.K/c1-27-20-13-19(25)21(31-2)14-22(20)32-12-11-29-16-24(33-23(29)30)7-9-28(10-8-24)15-17-3-5-18(26)6-4-17;/h3-6,13-14H,7-12,15-16H2,1-2H3;/q-1;+1. The van der Waals surface area contributed by atoms with E-state index in [9.17, 15) is 9.18 Å². The van der Waals surface area contributed by atoms with E-state index in [1.807, 2.05) is 12.1 Å². The van der Waals surface area contributed by atoms with Crippen LogP contribution in [0, 0.1) is 5.82 Å². The van der Waals surface area contributed by atoms with E-state index in [4.69, 9.17) is 25.8 Å². The number of nitrogens with zero attached hydrogens (tertiary/aromatic N) is 3. The van der Waals surface area contributed by atoms with Crippen LogP contribution in [-0.4, -0.2) is 68.4 Å². The molecule has 2 aromatic carbocycles. The summed E-state index contributed by atoms with van der Waals surface area (Å²) in [5.74, 6) is 0.829. The first-order valence-corrected chi connectivity index (χ1v) is 11.3. The number of amides is 1. The van der Waals surface area contributed by atoms with E-state index in [0.717, 1.165) is 38.0 Å². The SMILES string of the molecule is C[N-]c1cc(Cl)c(OC)cc1OCCN1CC2(CCN(Cc3ccc(F)cc3)CC2)OC1=O.[K+]. The summed E-state index contributed by atoms with van der Waals surface area (Å²) in [4.78, 5) is 16.5. The van der Waals surface area contributed by atoms with Crippen molar-refractivity contribution in [3.05, 3.63) is 58.1 Å². The average Bonchev–Trinajstić information content (AvgIpc) is 3.12. The Bertz CT molecular complexity index is 987. The Morgan fingerprint density at radius 3 is 2.53 bits per heavy atom. The second kappa shape index (κ2) is 12.3. The fraction of sp³-hybridized carbons (Fsp3) is 0.458. The molecule has 0 saturated carbocycles. The molecular weight excluding hydrogens is 488 g/mol. The van der Waals surface area contributed by atoms with Crippen molar-refractivity contribution in [2.24, 2.45) is 0 Å². The molecule has 0 N–H and O–H groups in total. The van der Waals surface area contributed by atoms with Gasteiger partial charge in [0.15, 0.2) is 0 Å². The molecule has 0 aromatic heterocycles. The Kier molecular flexibility index (Phi) is 9.91. The van der Waals surface area contributed by atoms with Crippen LogP contribution in [0.25, 0.3) is 5.32 Å². The Balaban J connectivity index is 0.00000324. The smallest absolute Gasteiger partial charge is 0.684 e. The number of methoxy groups -OCH3 is 1. The van der Waals surface area contributed by atoms with Gasteiger partial charge < -0.3 is 24.4 Å². The molecular formula is C24H28ClFKN3O4. The molecule has 1 amide bonds. The van der Waals surface area contributed by atoms with Crippen LogP contribution in [0.2, 0.25) is 5.02 Å². The van der Waals surface area contributed by atoms with Crippen molar-refractivity contribution in [2.75, 3.05) is 46.9 Å². The van der Waals surface area contributed by atoms with Crippen molar-refractivity contribution in [1.29, 1.82) is 0 Å². The summed E-state index contributed by atoms with van der Waals surface area (Å²) < 4.78 is 30.1. The number of piperidine rings is 1. The van der Waals surface area contributed by atoms with E-state index in [-0.39, 0.29) is 63.3 Å². The molecule has 2 fully saturated rings. The molecule has 2 aliphatic rings. The van der Waals surface area contributed by atoms with Gasteiger partial charge in [-0.1, -0.05) is 35.5 Å². The van der Waals surface area contributed by atoms with Gasteiger partial charge in [-0.05, 0) is 17.7 Å². The minimum atomic E-state index is -0.455. The number of likely N-dealkylation sites (tertiary alicyclic amines) is 1. The number of carbonyl (C=O) groups excluding carboxylic acids is 1. The zero-order valence-corrected chi connectivity index (χ0v) is 23.7. The quantitative estimate of drug-likeness (QED) is 0.503. The molecule has 0 aliphatic carbocycles. The maximum absolute atomic E-state index is 13.1. The van der Waals surface area contributed by atoms with E-state index in [1.165, 1.54) is 12.1 Å². The largest absolute Gasteiger partial charge is 1.00 e. The fourth-order valence-electron chi connectivity index (χ4n) is 4.33. The topological polar surface area (TPSA) is 65.3 Å². The van der Waals surface area contributed by atoms with Crippen LogP contribution in [0.4, 0.5) is 14.9 Å². The van der Waals surface area contributed by atoms with Crippen LogP contribution in [0.3, 0.4) is 0 Å². The molecule has 0 unspecified atom stereocenters. The van der Waals surface area contributed by atoms with Gasteiger partial charge in [-0.25, -0.2) is 9.18 Å². The second-order valence-electron chi connectivity index (χ2n) is 8.40.